The summed E-state index contributed by atoms with van der Waals surface area (Å²) in [5.41, 5.74) is 12.0. The van der Waals surface area contributed by atoms with Gasteiger partial charge in [0, 0.05) is 29.5 Å². The summed E-state index contributed by atoms with van der Waals surface area (Å²) in [6.45, 7) is 5.07. The lowest BCUT2D eigenvalue weighted by Gasteiger charge is -2.49. The lowest BCUT2D eigenvalue weighted by molar-refractivity contribution is -0.299. The summed E-state index contributed by atoms with van der Waals surface area (Å²) in [5, 5.41) is 32.1. The van der Waals surface area contributed by atoms with Crippen LogP contribution in [0, 0.1) is 17.3 Å². The highest BCUT2D eigenvalue weighted by Gasteiger charge is 2.57. The van der Waals surface area contributed by atoms with E-state index in [1.54, 1.807) is 0 Å². The molecule has 0 amide bonds. The maximum Gasteiger partial charge on any atom is 0.185 e. The third-order valence-corrected chi connectivity index (χ3v) is 8.40. The molecule has 12 unspecified atom stereocenters. The van der Waals surface area contributed by atoms with Crippen LogP contribution >= 0.6 is 0 Å². The molecular formula is C23H45N5O6. The number of fused-ring (bicyclic) bond motifs is 1. The van der Waals surface area contributed by atoms with Crippen LogP contribution in [-0.4, -0.2) is 112 Å². The fourth-order valence-corrected chi connectivity index (χ4v) is 6.26. The Morgan fingerprint density at radius 2 is 1.56 bits per heavy atom. The van der Waals surface area contributed by atoms with E-state index in [1.165, 1.54) is 0 Å². The van der Waals surface area contributed by atoms with Crippen molar-refractivity contribution >= 4 is 0 Å². The average molecular weight is 488 g/mol. The first-order valence-corrected chi connectivity index (χ1v) is 12.6. The minimum absolute atomic E-state index is 0.0771. The number of aliphatic hydroxyl groups is 2. The minimum atomic E-state index is -1.000. The Bertz CT molecular complexity index is 688. The largest absolute Gasteiger partial charge is 0.388 e. The highest BCUT2D eigenvalue weighted by atomic mass is 16.7. The van der Waals surface area contributed by atoms with Crippen molar-refractivity contribution < 1.29 is 29.2 Å². The summed E-state index contributed by atoms with van der Waals surface area (Å²) in [5.74, 6) is 0.727. The van der Waals surface area contributed by atoms with E-state index in [9.17, 15) is 10.2 Å². The lowest BCUT2D eigenvalue weighted by atomic mass is 9.79. The van der Waals surface area contributed by atoms with Gasteiger partial charge in [0.1, 0.15) is 24.4 Å². The molecule has 2 saturated carbocycles. The molecule has 0 spiro atoms. The molecule has 2 saturated heterocycles. The van der Waals surface area contributed by atoms with E-state index in [0.717, 1.165) is 6.42 Å². The van der Waals surface area contributed by atoms with E-state index in [2.05, 4.69) is 16.0 Å². The number of aliphatic hydroxyl groups excluding tert-OH is 2. The lowest BCUT2D eigenvalue weighted by Crippen LogP contribution is -2.67. The van der Waals surface area contributed by atoms with Crippen molar-refractivity contribution in [3.05, 3.63) is 0 Å². The van der Waals surface area contributed by atoms with Gasteiger partial charge in [0.2, 0.25) is 0 Å². The third-order valence-electron chi connectivity index (χ3n) is 8.40. The molecule has 2 heterocycles. The summed E-state index contributed by atoms with van der Waals surface area (Å²) >= 11 is 0. The molecule has 11 nitrogen and oxygen atoms in total. The fraction of sp³-hybridized carbons (Fsp3) is 1.00. The SMILES string of the molecule is CNC1CC(NC)C(OC2OCC(C)(C)C(NC)C2O)C(O)C1OC1OC2C(CN)[C@H]2CC1N. The molecule has 34 heavy (non-hydrogen) atoms. The van der Waals surface area contributed by atoms with Crippen LogP contribution in [0.5, 0.6) is 0 Å². The van der Waals surface area contributed by atoms with Crippen molar-refractivity contribution in [3.63, 3.8) is 0 Å². The molecular weight excluding hydrogens is 442 g/mol. The number of ether oxygens (including phenoxy) is 4. The van der Waals surface area contributed by atoms with E-state index in [4.69, 9.17) is 30.4 Å². The smallest absolute Gasteiger partial charge is 0.185 e. The number of hydrogen-bond acceptors (Lipinski definition) is 11. The fourth-order valence-electron chi connectivity index (χ4n) is 6.26. The molecule has 2 aliphatic carbocycles. The molecule has 4 fully saturated rings. The molecule has 9 N–H and O–H groups in total. The summed E-state index contributed by atoms with van der Waals surface area (Å²) in [6, 6.07) is -0.827. The third kappa shape index (κ3) is 4.90. The number of hydrogen-bond donors (Lipinski definition) is 7. The Hall–Kier alpha value is -0.440. The van der Waals surface area contributed by atoms with Gasteiger partial charge in [-0.15, -0.1) is 0 Å². The number of rotatable bonds is 8. The van der Waals surface area contributed by atoms with Gasteiger partial charge in [0.15, 0.2) is 12.6 Å². The molecule has 4 rings (SSSR count). The van der Waals surface area contributed by atoms with Crippen molar-refractivity contribution in [2.24, 2.45) is 28.7 Å². The predicted octanol–water partition coefficient (Wildman–Crippen LogP) is -2.32. The van der Waals surface area contributed by atoms with Crippen LogP contribution in [-0.2, 0) is 18.9 Å². The van der Waals surface area contributed by atoms with Crippen LogP contribution in [0.15, 0.2) is 0 Å². The van der Waals surface area contributed by atoms with Crippen molar-refractivity contribution in [1.82, 2.24) is 16.0 Å². The topological polar surface area (TPSA) is 166 Å². The highest BCUT2D eigenvalue weighted by Crippen LogP contribution is 2.49. The van der Waals surface area contributed by atoms with Gasteiger partial charge >= 0.3 is 0 Å². The summed E-state index contributed by atoms with van der Waals surface area (Å²) in [4.78, 5) is 0. The monoisotopic (exact) mass is 487 g/mol. The second-order valence-corrected chi connectivity index (χ2v) is 11.1. The summed E-state index contributed by atoms with van der Waals surface area (Å²) < 4.78 is 24.7. The van der Waals surface area contributed by atoms with E-state index in [1.807, 2.05) is 35.0 Å². The number of nitrogens with two attached hydrogens (primary N) is 2. The molecule has 198 valence electrons. The maximum atomic E-state index is 11.5. The first kappa shape index (κ1) is 26.6. The van der Waals surface area contributed by atoms with Crippen LogP contribution in [0.25, 0.3) is 0 Å². The number of nitrogens with one attached hydrogen (secondary N) is 3. The molecule has 11 heteroatoms. The van der Waals surface area contributed by atoms with Crippen LogP contribution in [0.3, 0.4) is 0 Å². The first-order valence-electron chi connectivity index (χ1n) is 12.6. The zero-order chi connectivity index (χ0) is 24.8. The van der Waals surface area contributed by atoms with Gasteiger partial charge in [0.05, 0.1) is 18.8 Å². The van der Waals surface area contributed by atoms with Crippen LogP contribution in [0.1, 0.15) is 26.7 Å². The van der Waals surface area contributed by atoms with E-state index < -0.39 is 37.0 Å². The Balaban J connectivity index is 1.47. The quantitative estimate of drug-likeness (QED) is 0.196. The zero-order valence-corrected chi connectivity index (χ0v) is 21.0. The van der Waals surface area contributed by atoms with Crippen molar-refractivity contribution in [2.75, 3.05) is 34.3 Å². The normalized spacial score (nSPS) is 50.6. The van der Waals surface area contributed by atoms with E-state index in [-0.39, 0.29) is 35.7 Å². The Morgan fingerprint density at radius 1 is 0.941 bits per heavy atom. The van der Waals surface area contributed by atoms with Gasteiger partial charge in [0.25, 0.3) is 0 Å². The average Bonchev–Trinajstić information content (AvgIpc) is 3.49. The maximum absolute atomic E-state index is 11.5. The standard InChI is InChI=1S/C23H45N5O6/c1-23(2)9-31-22(16(30)20(23)28-5)34-19-14(27-4)7-13(26-3)18(15(19)29)33-21-12(25)6-10-11(8-24)17(10)32-21/h10-22,26-30H,6-9,24-25H2,1-5H3/t10-,11?,12?,13?,14?,15?,16?,17?,18?,19?,20?,21?,22?/m1/s1. The molecule has 2 aliphatic heterocycles. The molecule has 4 aliphatic rings. The molecule has 13 atom stereocenters. The number of likely N-dealkylation sites (N-methyl/N-ethyl adjacent to an activating group) is 3. The van der Waals surface area contributed by atoms with Gasteiger partial charge in [-0.25, -0.2) is 0 Å². The van der Waals surface area contributed by atoms with Crippen molar-refractivity contribution in [1.29, 1.82) is 0 Å². The molecule has 0 bridgehead atoms. The minimum Gasteiger partial charge on any atom is -0.388 e. The zero-order valence-electron chi connectivity index (χ0n) is 21.0. The second kappa shape index (κ2) is 10.5. The van der Waals surface area contributed by atoms with Crippen LogP contribution in [0.2, 0.25) is 0 Å². The Morgan fingerprint density at radius 3 is 2.12 bits per heavy atom. The summed E-state index contributed by atoms with van der Waals surface area (Å²) in [7, 11) is 5.50. The highest BCUT2D eigenvalue weighted by molar-refractivity contribution is 5.06. The molecule has 0 aromatic rings. The molecule has 0 aromatic heterocycles. The Labute approximate surface area is 202 Å². The van der Waals surface area contributed by atoms with Crippen LogP contribution < -0.4 is 27.4 Å². The van der Waals surface area contributed by atoms with Gasteiger partial charge in [-0.3, -0.25) is 0 Å². The first-order chi connectivity index (χ1) is 16.2. The van der Waals surface area contributed by atoms with Crippen LogP contribution in [0.4, 0.5) is 0 Å². The van der Waals surface area contributed by atoms with Crippen molar-refractivity contribution in [2.45, 2.75) is 94.0 Å². The van der Waals surface area contributed by atoms with Gasteiger partial charge in [-0.1, -0.05) is 13.8 Å². The van der Waals surface area contributed by atoms with Gasteiger partial charge in [-0.05, 0) is 46.4 Å². The predicted molar refractivity (Wildman–Crippen MR) is 126 cm³/mol. The van der Waals surface area contributed by atoms with Gasteiger partial charge in [-0.2, -0.15) is 0 Å². The van der Waals surface area contributed by atoms with Gasteiger partial charge < -0.3 is 56.6 Å². The summed E-state index contributed by atoms with van der Waals surface area (Å²) in [6.07, 6.45) is -3.15. The van der Waals surface area contributed by atoms with E-state index >= 15 is 0 Å². The van der Waals surface area contributed by atoms with E-state index in [0.29, 0.717) is 31.4 Å². The molecule has 0 radical (unpaired) electrons. The second-order valence-electron chi connectivity index (χ2n) is 11.1. The molecule has 0 aromatic carbocycles. The van der Waals surface area contributed by atoms with Crippen molar-refractivity contribution in [3.8, 4) is 0 Å². The Kier molecular flexibility index (Phi) is 8.22.